The third-order valence-corrected chi connectivity index (χ3v) is 4.43. The maximum Gasteiger partial charge on any atom is 0.461 e. The lowest BCUT2D eigenvalue weighted by atomic mass is 10.1. The molecule has 0 saturated heterocycles. The molecule has 0 aliphatic carbocycles. The minimum atomic E-state index is -4.68. The summed E-state index contributed by atoms with van der Waals surface area (Å²) in [5.41, 5.74) is 1.08. The molecule has 0 unspecified atom stereocenters. The number of nitrogens with zero attached hydrogens (tertiary/aromatic N) is 3. The molecule has 0 saturated carbocycles. The summed E-state index contributed by atoms with van der Waals surface area (Å²) >= 11 is 0. The highest BCUT2D eigenvalue weighted by atomic mass is 19.3. The Morgan fingerprint density at radius 2 is 1.68 bits per heavy atom. The van der Waals surface area contributed by atoms with Gasteiger partial charge in [-0.3, -0.25) is 0 Å². The second-order valence-corrected chi connectivity index (χ2v) is 6.56. The van der Waals surface area contributed by atoms with Gasteiger partial charge in [0.2, 0.25) is 5.95 Å². The van der Waals surface area contributed by atoms with E-state index in [0.29, 0.717) is 10.8 Å². The Morgan fingerprint density at radius 1 is 0.903 bits per heavy atom. The lowest BCUT2D eigenvalue weighted by Gasteiger charge is -2.29. The van der Waals surface area contributed by atoms with Crippen LogP contribution in [0.1, 0.15) is 0 Å². The average Bonchev–Trinajstić information content (AvgIpc) is 2.78. The van der Waals surface area contributed by atoms with Crippen LogP contribution in [-0.4, -0.2) is 22.5 Å². The van der Waals surface area contributed by atoms with Gasteiger partial charge in [-0.2, -0.15) is 17.6 Å². The Balaban J connectivity index is 1.62. The van der Waals surface area contributed by atoms with Gasteiger partial charge in [-0.15, -0.1) is 0 Å². The van der Waals surface area contributed by atoms with Gasteiger partial charge < -0.3 is 15.0 Å². The second-order valence-electron chi connectivity index (χ2n) is 6.56. The minimum absolute atomic E-state index is 0.154. The van der Waals surface area contributed by atoms with Crippen LogP contribution in [0.5, 0.6) is 5.75 Å². The van der Waals surface area contributed by atoms with Crippen molar-refractivity contribution in [3.05, 3.63) is 84.2 Å². The van der Waals surface area contributed by atoms with Gasteiger partial charge in [0.05, 0.1) is 5.69 Å². The van der Waals surface area contributed by atoms with Crippen LogP contribution in [0, 0.1) is 5.21 Å². The summed E-state index contributed by atoms with van der Waals surface area (Å²) in [5.74, 6) is -0.835. The van der Waals surface area contributed by atoms with E-state index in [2.05, 4.69) is 14.7 Å². The third-order valence-electron chi connectivity index (χ3n) is 4.43. The molecule has 0 fully saturated rings. The van der Waals surface area contributed by atoms with Gasteiger partial charge in [0.1, 0.15) is 5.75 Å². The van der Waals surface area contributed by atoms with Gasteiger partial charge in [0.15, 0.2) is 0 Å². The summed E-state index contributed by atoms with van der Waals surface area (Å²) < 4.78 is 55.1. The predicted octanol–water partition coefficient (Wildman–Crippen LogP) is 6.17. The normalized spacial score (nSPS) is 11.7. The number of alkyl halides is 4. The highest BCUT2D eigenvalue weighted by molar-refractivity contribution is 5.86. The molecule has 3 aromatic carbocycles. The topological polar surface area (TPSA) is 61.3 Å². The lowest BCUT2D eigenvalue weighted by molar-refractivity contribution is -0.253. The second kappa shape index (κ2) is 8.19. The van der Waals surface area contributed by atoms with Crippen molar-refractivity contribution in [2.45, 2.75) is 12.5 Å². The largest absolute Gasteiger partial charge is 0.752 e. The van der Waals surface area contributed by atoms with E-state index in [-0.39, 0.29) is 11.6 Å². The van der Waals surface area contributed by atoms with Crippen molar-refractivity contribution in [1.29, 1.82) is 0 Å². The third kappa shape index (κ3) is 4.41. The van der Waals surface area contributed by atoms with Gasteiger partial charge in [-0.1, -0.05) is 42.5 Å². The van der Waals surface area contributed by atoms with Gasteiger partial charge in [-0.05, 0) is 35.0 Å². The van der Waals surface area contributed by atoms with Crippen LogP contribution < -0.4 is 9.80 Å². The molecule has 0 spiro atoms. The van der Waals surface area contributed by atoms with E-state index in [9.17, 15) is 22.8 Å². The van der Waals surface area contributed by atoms with Crippen molar-refractivity contribution in [2.75, 3.05) is 5.06 Å². The molecule has 5 nitrogen and oxygen atoms in total. The lowest BCUT2D eigenvalue weighted by Crippen LogP contribution is -2.33. The maximum absolute atomic E-state index is 13.2. The Morgan fingerprint density at radius 3 is 2.45 bits per heavy atom. The predicted molar refractivity (Wildman–Crippen MR) is 109 cm³/mol. The van der Waals surface area contributed by atoms with Crippen molar-refractivity contribution in [3.8, 4) is 17.0 Å². The summed E-state index contributed by atoms with van der Waals surface area (Å²) in [6.07, 6.45) is -7.30. The number of hydrogen-bond donors (Lipinski definition) is 0. The molecule has 0 bridgehead atoms. The number of rotatable bonds is 6. The SMILES string of the molecule is [O-]N(c1cccc(OC(F)(F)C(F)F)c1)c1nccc(-c2ccc3ccccc3c2)n1. The quantitative estimate of drug-likeness (QED) is 0.272. The van der Waals surface area contributed by atoms with Gasteiger partial charge in [0, 0.05) is 23.5 Å². The number of halogens is 4. The summed E-state index contributed by atoms with van der Waals surface area (Å²) in [6, 6.07) is 19.5. The first-order chi connectivity index (χ1) is 14.8. The fourth-order valence-electron chi connectivity index (χ4n) is 2.95. The average molecular weight is 428 g/mol. The molecule has 0 radical (unpaired) electrons. The minimum Gasteiger partial charge on any atom is -0.752 e. The number of anilines is 2. The Bertz CT molecular complexity index is 1220. The first-order valence-corrected chi connectivity index (χ1v) is 9.08. The summed E-state index contributed by atoms with van der Waals surface area (Å²) in [4.78, 5) is 8.18. The van der Waals surface area contributed by atoms with E-state index in [0.717, 1.165) is 28.5 Å². The molecule has 4 rings (SSSR count). The molecule has 9 heteroatoms. The van der Waals surface area contributed by atoms with Crippen LogP contribution in [0.3, 0.4) is 0 Å². The molecule has 0 aliphatic heterocycles. The zero-order chi connectivity index (χ0) is 22.0. The molecule has 0 atom stereocenters. The molecular formula is C22H14F4N3O2-. The summed E-state index contributed by atoms with van der Waals surface area (Å²) in [6.45, 7) is 0. The van der Waals surface area contributed by atoms with Crippen LogP contribution in [0.2, 0.25) is 0 Å². The van der Waals surface area contributed by atoms with Gasteiger partial charge in [-0.25, -0.2) is 9.97 Å². The van der Waals surface area contributed by atoms with E-state index in [1.807, 2.05) is 42.5 Å². The number of fused-ring (bicyclic) bond motifs is 1. The summed E-state index contributed by atoms with van der Waals surface area (Å²) in [5, 5.41) is 15.0. The van der Waals surface area contributed by atoms with Gasteiger partial charge >= 0.3 is 12.5 Å². The smallest absolute Gasteiger partial charge is 0.461 e. The number of ether oxygens (including phenoxy) is 1. The van der Waals surface area contributed by atoms with Crippen LogP contribution in [0.4, 0.5) is 29.2 Å². The Kier molecular flexibility index (Phi) is 5.43. The zero-order valence-electron chi connectivity index (χ0n) is 15.8. The van der Waals surface area contributed by atoms with E-state index in [1.54, 1.807) is 6.07 Å². The van der Waals surface area contributed by atoms with Crippen molar-refractivity contribution in [3.63, 3.8) is 0 Å². The van der Waals surface area contributed by atoms with Gasteiger partial charge in [0.25, 0.3) is 0 Å². The molecule has 0 aliphatic rings. The highest BCUT2D eigenvalue weighted by Crippen LogP contribution is 2.32. The molecule has 158 valence electrons. The fourth-order valence-corrected chi connectivity index (χ4v) is 2.95. The standard InChI is InChI=1S/C22H14F4N3O2/c23-20(24)22(25,26)31-18-7-3-6-17(13-18)29(30)21-27-11-10-19(28-21)16-9-8-14-4-1-2-5-15(14)12-16/h1-13,20H/q-1. The highest BCUT2D eigenvalue weighted by Gasteiger charge is 2.44. The van der Waals surface area contributed by atoms with Crippen LogP contribution in [0.15, 0.2) is 79.0 Å². The zero-order valence-corrected chi connectivity index (χ0v) is 15.8. The monoisotopic (exact) mass is 428 g/mol. The van der Waals surface area contributed by atoms with Crippen LogP contribution in [0.25, 0.3) is 22.0 Å². The molecule has 1 aromatic heterocycles. The fraction of sp³-hybridized carbons (Fsp3) is 0.0909. The van der Waals surface area contributed by atoms with Crippen molar-refractivity contribution >= 4 is 22.4 Å². The molecule has 0 amide bonds. The first kappa shape index (κ1) is 20.5. The van der Waals surface area contributed by atoms with E-state index in [1.165, 1.54) is 18.3 Å². The first-order valence-electron chi connectivity index (χ1n) is 9.08. The molecular weight excluding hydrogens is 414 g/mol. The summed E-state index contributed by atoms with van der Waals surface area (Å²) in [7, 11) is 0. The number of hydrogen-bond acceptors (Lipinski definition) is 5. The van der Waals surface area contributed by atoms with Crippen molar-refractivity contribution < 1.29 is 22.3 Å². The van der Waals surface area contributed by atoms with Crippen LogP contribution >= 0.6 is 0 Å². The molecule has 31 heavy (non-hydrogen) atoms. The molecule has 0 N–H and O–H groups in total. The van der Waals surface area contributed by atoms with E-state index in [4.69, 9.17) is 0 Å². The molecule has 1 heterocycles. The maximum atomic E-state index is 13.2. The van der Waals surface area contributed by atoms with E-state index < -0.39 is 18.3 Å². The van der Waals surface area contributed by atoms with Crippen molar-refractivity contribution in [1.82, 2.24) is 9.97 Å². The molecule has 4 aromatic rings. The Labute approximate surface area is 174 Å². The Hall–Kier alpha value is -3.72. The number of aromatic nitrogens is 2. The van der Waals surface area contributed by atoms with Crippen LogP contribution in [-0.2, 0) is 0 Å². The van der Waals surface area contributed by atoms with Crippen molar-refractivity contribution in [2.24, 2.45) is 0 Å². The van der Waals surface area contributed by atoms with E-state index >= 15 is 0 Å². The number of benzene rings is 3.